The van der Waals surface area contributed by atoms with Crippen LogP contribution >= 0.6 is 28.1 Å². The maximum absolute atomic E-state index is 5.42. The lowest BCUT2D eigenvalue weighted by Crippen LogP contribution is -2.14. The van der Waals surface area contributed by atoms with E-state index in [1.165, 1.54) is 5.56 Å². The highest BCUT2D eigenvalue weighted by molar-refractivity contribution is 9.10. The summed E-state index contributed by atoms with van der Waals surface area (Å²) in [4.78, 5) is 7.88. The van der Waals surface area contributed by atoms with Crippen molar-refractivity contribution in [2.24, 2.45) is 0 Å². The molecule has 0 bridgehead atoms. The van der Waals surface area contributed by atoms with Gasteiger partial charge in [0.05, 0.1) is 13.2 Å². The highest BCUT2D eigenvalue weighted by Crippen LogP contribution is 2.25. The van der Waals surface area contributed by atoms with Crippen molar-refractivity contribution < 1.29 is 4.74 Å². The Morgan fingerprint density at radius 1 is 1.42 bits per heavy atom. The van der Waals surface area contributed by atoms with Crippen LogP contribution in [0.15, 0.2) is 22.7 Å². The lowest BCUT2D eigenvalue weighted by Gasteiger charge is -2.17. The third-order valence-electron chi connectivity index (χ3n) is 3.29. The Morgan fingerprint density at radius 3 is 3.05 bits per heavy atom. The van der Waals surface area contributed by atoms with E-state index < -0.39 is 0 Å². The summed E-state index contributed by atoms with van der Waals surface area (Å²) >= 11 is 8.91. The molecule has 0 amide bonds. The minimum Gasteiger partial charge on any atom is -0.376 e. The van der Waals surface area contributed by atoms with Gasteiger partial charge < -0.3 is 9.72 Å². The Hall–Kier alpha value is -1.04. The summed E-state index contributed by atoms with van der Waals surface area (Å²) in [6, 6.07) is 6.19. The summed E-state index contributed by atoms with van der Waals surface area (Å²) in [6.07, 6.45) is 0.863. The summed E-state index contributed by atoms with van der Waals surface area (Å²) in [5.41, 5.74) is 4.42. The van der Waals surface area contributed by atoms with E-state index in [4.69, 9.17) is 17.0 Å². The number of aryl methyl sites for hydroxylation is 1. The van der Waals surface area contributed by atoms with Gasteiger partial charge in [-0.05, 0) is 18.6 Å². The van der Waals surface area contributed by atoms with Gasteiger partial charge in [-0.1, -0.05) is 40.3 Å². The molecule has 1 aromatic heterocycles. The van der Waals surface area contributed by atoms with Crippen molar-refractivity contribution >= 4 is 28.1 Å². The zero-order chi connectivity index (χ0) is 13.4. The Bertz CT molecular complexity index is 696. The summed E-state index contributed by atoms with van der Waals surface area (Å²) < 4.78 is 7.14. The first-order chi connectivity index (χ1) is 9.15. The Balaban J connectivity index is 2.12. The van der Waals surface area contributed by atoms with E-state index >= 15 is 0 Å². The lowest BCUT2D eigenvalue weighted by atomic mass is 10.1. The van der Waals surface area contributed by atoms with Crippen LogP contribution in [0.1, 0.15) is 16.8 Å². The summed E-state index contributed by atoms with van der Waals surface area (Å²) in [6.45, 7) is 3.36. The fourth-order valence-electron chi connectivity index (χ4n) is 2.13. The van der Waals surface area contributed by atoms with Crippen molar-refractivity contribution in [3.63, 3.8) is 0 Å². The molecule has 0 aliphatic carbocycles. The monoisotopic (exact) mass is 336 g/mol. The number of aromatic nitrogens is 2. The van der Waals surface area contributed by atoms with E-state index in [9.17, 15) is 0 Å². The van der Waals surface area contributed by atoms with Gasteiger partial charge in [-0.2, -0.15) is 0 Å². The van der Waals surface area contributed by atoms with Gasteiger partial charge in [0.1, 0.15) is 10.5 Å². The highest BCUT2D eigenvalue weighted by Gasteiger charge is 2.14. The molecule has 0 saturated heterocycles. The summed E-state index contributed by atoms with van der Waals surface area (Å²) in [7, 11) is 0. The maximum atomic E-state index is 5.42. The molecule has 1 N–H and O–H groups in total. The van der Waals surface area contributed by atoms with Crippen LogP contribution in [-0.4, -0.2) is 16.6 Å². The number of aromatic amines is 1. The predicted octanol–water partition coefficient (Wildman–Crippen LogP) is 3.95. The van der Waals surface area contributed by atoms with E-state index in [2.05, 4.69) is 51.0 Å². The molecule has 2 aromatic rings. The standard InChI is InChI=1S/C14H13BrN2OS/c1-8-2-3-9(6-11(8)15)13-16-12-4-5-18-7-10(12)14(19)17-13/h2-3,6H,4-5,7H2,1H3,(H,16,17,19). The van der Waals surface area contributed by atoms with Gasteiger partial charge in [-0.25, -0.2) is 4.98 Å². The van der Waals surface area contributed by atoms with Gasteiger partial charge in [-0.15, -0.1) is 0 Å². The molecule has 1 aliphatic heterocycles. The van der Waals surface area contributed by atoms with Crippen LogP contribution in [0.25, 0.3) is 11.4 Å². The molecule has 0 unspecified atom stereocenters. The molecule has 0 spiro atoms. The highest BCUT2D eigenvalue weighted by atomic mass is 79.9. The maximum Gasteiger partial charge on any atom is 0.139 e. The lowest BCUT2D eigenvalue weighted by molar-refractivity contribution is 0.108. The Morgan fingerprint density at radius 2 is 2.26 bits per heavy atom. The van der Waals surface area contributed by atoms with Crippen LogP contribution < -0.4 is 0 Å². The fraction of sp³-hybridized carbons (Fsp3) is 0.286. The number of hydrogen-bond donors (Lipinski definition) is 1. The van der Waals surface area contributed by atoms with Gasteiger partial charge in [0.2, 0.25) is 0 Å². The minimum atomic E-state index is 0.565. The van der Waals surface area contributed by atoms with Crippen molar-refractivity contribution in [1.82, 2.24) is 9.97 Å². The molecule has 98 valence electrons. The molecule has 19 heavy (non-hydrogen) atoms. The average molecular weight is 337 g/mol. The normalized spacial score (nSPS) is 14.2. The molecule has 2 heterocycles. The molecule has 1 aromatic carbocycles. The largest absolute Gasteiger partial charge is 0.376 e. The molecule has 0 radical (unpaired) electrons. The van der Waals surface area contributed by atoms with Gasteiger partial charge in [0.15, 0.2) is 0 Å². The van der Waals surface area contributed by atoms with Crippen molar-refractivity contribution in [2.75, 3.05) is 6.61 Å². The minimum absolute atomic E-state index is 0.565. The van der Waals surface area contributed by atoms with Crippen LogP contribution in [0.3, 0.4) is 0 Å². The predicted molar refractivity (Wildman–Crippen MR) is 80.7 cm³/mol. The second kappa shape index (κ2) is 5.15. The number of ether oxygens (including phenoxy) is 1. The van der Waals surface area contributed by atoms with Crippen LogP contribution in [0.5, 0.6) is 0 Å². The topological polar surface area (TPSA) is 37.9 Å². The average Bonchev–Trinajstić information content (AvgIpc) is 2.42. The molecular formula is C14H13BrN2OS. The van der Waals surface area contributed by atoms with Crippen LogP contribution in [0.2, 0.25) is 0 Å². The quantitative estimate of drug-likeness (QED) is 0.801. The van der Waals surface area contributed by atoms with Crippen molar-refractivity contribution in [1.29, 1.82) is 0 Å². The van der Waals surface area contributed by atoms with Crippen molar-refractivity contribution in [3.8, 4) is 11.4 Å². The summed E-state index contributed by atoms with van der Waals surface area (Å²) in [5, 5.41) is 0. The number of H-pyrrole nitrogens is 1. The molecule has 0 fully saturated rings. The Labute approximate surface area is 125 Å². The molecule has 3 nitrogen and oxygen atoms in total. The second-order valence-electron chi connectivity index (χ2n) is 4.61. The molecule has 3 rings (SSSR count). The molecule has 0 saturated carbocycles. The van der Waals surface area contributed by atoms with E-state index in [1.54, 1.807) is 0 Å². The van der Waals surface area contributed by atoms with Crippen LogP contribution in [-0.2, 0) is 17.8 Å². The number of halogens is 1. The first-order valence-electron chi connectivity index (χ1n) is 6.11. The van der Waals surface area contributed by atoms with E-state index in [-0.39, 0.29) is 0 Å². The third kappa shape index (κ3) is 2.50. The molecule has 5 heteroatoms. The van der Waals surface area contributed by atoms with E-state index in [0.29, 0.717) is 11.2 Å². The molecular weight excluding hydrogens is 324 g/mol. The number of nitrogens with zero attached hydrogens (tertiary/aromatic N) is 1. The van der Waals surface area contributed by atoms with Gasteiger partial charge in [-0.3, -0.25) is 0 Å². The smallest absolute Gasteiger partial charge is 0.139 e. The zero-order valence-corrected chi connectivity index (χ0v) is 12.9. The second-order valence-corrected chi connectivity index (χ2v) is 5.86. The first kappa shape index (κ1) is 13.0. The zero-order valence-electron chi connectivity index (χ0n) is 10.5. The fourth-order valence-corrected chi connectivity index (χ4v) is 2.78. The first-order valence-corrected chi connectivity index (χ1v) is 7.31. The van der Waals surface area contributed by atoms with Crippen molar-refractivity contribution in [2.45, 2.75) is 20.0 Å². The van der Waals surface area contributed by atoms with Gasteiger partial charge in [0.25, 0.3) is 0 Å². The SMILES string of the molecule is Cc1ccc(-c2nc(=S)c3c([nH]2)CCOC3)cc1Br. The van der Waals surface area contributed by atoms with E-state index in [1.807, 2.05) is 0 Å². The third-order valence-corrected chi connectivity index (χ3v) is 4.49. The van der Waals surface area contributed by atoms with Crippen molar-refractivity contribution in [3.05, 3.63) is 44.1 Å². The number of nitrogens with one attached hydrogen (secondary N) is 1. The number of hydrogen-bond acceptors (Lipinski definition) is 3. The van der Waals surface area contributed by atoms with Crippen LogP contribution in [0, 0.1) is 11.6 Å². The van der Waals surface area contributed by atoms with E-state index in [0.717, 1.165) is 40.1 Å². The molecule has 0 atom stereocenters. The van der Waals surface area contributed by atoms with Gasteiger partial charge >= 0.3 is 0 Å². The summed E-state index contributed by atoms with van der Waals surface area (Å²) in [5.74, 6) is 0.825. The number of fused-ring (bicyclic) bond motifs is 1. The number of benzene rings is 1. The van der Waals surface area contributed by atoms with Crippen LogP contribution in [0.4, 0.5) is 0 Å². The Kier molecular flexibility index (Phi) is 3.52. The number of rotatable bonds is 1. The molecule has 1 aliphatic rings. The van der Waals surface area contributed by atoms with Gasteiger partial charge in [0, 0.05) is 27.7 Å².